The molecule has 0 fully saturated rings. The second-order valence-electron chi connectivity index (χ2n) is 5.26. The van der Waals surface area contributed by atoms with Crippen LogP contribution in [-0.2, 0) is 6.54 Å². The average molecular weight is 347 g/mol. The van der Waals surface area contributed by atoms with Crippen molar-refractivity contribution in [3.8, 4) is 0 Å². The summed E-state index contributed by atoms with van der Waals surface area (Å²) in [5.74, 6) is 0. The van der Waals surface area contributed by atoms with Crippen molar-refractivity contribution in [1.82, 2.24) is 9.88 Å². The molecule has 0 bridgehead atoms. The van der Waals surface area contributed by atoms with Crippen molar-refractivity contribution in [3.05, 3.63) is 16.1 Å². The molecule has 0 amide bonds. The van der Waals surface area contributed by atoms with E-state index in [4.69, 9.17) is 0 Å². The van der Waals surface area contributed by atoms with Gasteiger partial charge in [0.25, 0.3) is 0 Å². The van der Waals surface area contributed by atoms with Crippen LogP contribution < -0.4 is 0 Å². The third kappa shape index (κ3) is 8.05. The number of nitrogens with zero attached hydrogens (tertiary/aromatic N) is 2. The summed E-state index contributed by atoms with van der Waals surface area (Å²) in [6, 6.07) is 0. The van der Waals surface area contributed by atoms with Crippen LogP contribution in [0.5, 0.6) is 0 Å². The lowest BCUT2D eigenvalue weighted by Crippen LogP contribution is -2.18. The highest BCUT2D eigenvalue weighted by atomic mass is 79.9. The van der Waals surface area contributed by atoms with Crippen LogP contribution in [0.15, 0.2) is 5.51 Å². The minimum Gasteiger partial charge on any atom is -0.301 e. The van der Waals surface area contributed by atoms with E-state index >= 15 is 0 Å². The van der Waals surface area contributed by atoms with Crippen molar-refractivity contribution in [2.75, 3.05) is 18.9 Å². The molecule has 1 rings (SSSR count). The minimum absolute atomic E-state index is 1.06. The van der Waals surface area contributed by atoms with Crippen LogP contribution in [0.4, 0.5) is 0 Å². The largest absolute Gasteiger partial charge is 0.301 e. The first kappa shape index (κ1) is 17.1. The lowest BCUT2D eigenvalue weighted by Gasteiger charge is -2.15. The van der Waals surface area contributed by atoms with Gasteiger partial charge in [-0.1, -0.05) is 48.0 Å². The molecule has 0 spiro atoms. The zero-order chi connectivity index (χ0) is 13.9. The fourth-order valence-electron chi connectivity index (χ4n) is 2.16. The third-order valence-corrected chi connectivity index (χ3v) is 4.91. The Morgan fingerprint density at radius 2 is 1.74 bits per heavy atom. The third-order valence-electron chi connectivity index (χ3n) is 3.43. The number of aromatic nitrogens is 1. The topological polar surface area (TPSA) is 16.1 Å². The maximum atomic E-state index is 4.30. The second-order valence-corrected chi connectivity index (χ2v) is 6.99. The summed E-state index contributed by atoms with van der Waals surface area (Å²) in [5.41, 5.74) is 3.15. The molecule has 4 heteroatoms. The highest BCUT2D eigenvalue weighted by Gasteiger charge is 2.05. The summed E-state index contributed by atoms with van der Waals surface area (Å²) in [7, 11) is 2.22. The zero-order valence-corrected chi connectivity index (χ0v) is 14.7. The van der Waals surface area contributed by atoms with E-state index in [0.717, 1.165) is 11.9 Å². The molecule has 1 heterocycles. The molecule has 0 aliphatic heterocycles. The molecule has 0 saturated heterocycles. The van der Waals surface area contributed by atoms with E-state index in [0.29, 0.717) is 0 Å². The van der Waals surface area contributed by atoms with E-state index in [2.05, 4.69) is 39.8 Å². The van der Waals surface area contributed by atoms with Crippen LogP contribution in [0.2, 0.25) is 0 Å². The number of alkyl halides is 1. The van der Waals surface area contributed by atoms with E-state index in [1.54, 1.807) is 11.3 Å². The van der Waals surface area contributed by atoms with Gasteiger partial charge in [-0.05, 0) is 33.4 Å². The van der Waals surface area contributed by atoms with Gasteiger partial charge < -0.3 is 4.90 Å². The van der Waals surface area contributed by atoms with Gasteiger partial charge in [-0.2, -0.15) is 0 Å². The Bertz CT molecular complexity index is 328. The van der Waals surface area contributed by atoms with Crippen molar-refractivity contribution in [2.24, 2.45) is 0 Å². The molecule has 0 saturated carbocycles. The average Bonchev–Trinajstić information content (AvgIpc) is 2.78. The molecule has 2 nitrogen and oxygen atoms in total. The van der Waals surface area contributed by atoms with Gasteiger partial charge in [0.15, 0.2) is 0 Å². The monoisotopic (exact) mass is 346 g/mol. The number of aryl methyl sites for hydroxylation is 1. The predicted molar refractivity (Wildman–Crippen MR) is 89.3 cm³/mol. The van der Waals surface area contributed by atoms with Gasteiger partial charge in [0.2, 0.25) is 0 Å². The van der Waals surface area contributed by atoms with E-state index in [1.165, 1.54) is 62.1 Å². The predicted octanol–water partition coefficient (Wildman–Crippen LogP) is 5.01. The summed E-state index contributed by atoms with van der Waals surface area (Å²) in [5, 5.41) is 1.16. The van der Waals surface area contributed by atoms with Crippen molar-refractivity contribution in [1.29, 1.82) is 0 Å². The number of thiazole rings is 1. The Labute approximate surface area is 130 Å². The quantitative estimate of drug-likeness (QED) is 0.413. The second kappa shape index (κ2) is 10.8. The fraction of sp³-hybridized carbons (Fsp3) is 0.800. The molecule has 0 N–H and O–H groups in total. The summed E-state index contributed by atoms with van der Waals surface area (Å²) >= 11 is 5.26. The maximum Gasteiger partial charge on any atom is 0.0798 e. The Kier molecular flexibility index (Phi) is 9.74. The molecular formula is C15H27BrN2S. The molecule has 0 unspecified atom stereocenters. The van der Waals surface area contributed by atoms with Gasteiger partial charge in [-0.3, -0.25) is 0 Å². The summed E-state index contributed by atoms with van der Waals surface area (Å²) in [6.07, 6.45) is 9.63. The van der Waals surface area contributed by atoms with Gasteiger partial charge in [-0.15, -0.1) is 11.3 Å². The highest BCUT2D eigenvalue weighted by molar-refractivity contribution is 9.09. The van der Waals surface area contributed by atoms with E-state index < -0.39 is 0 Å². The number of hydrogen-bond acceptors (Lipinski definition) is 3. The zero-order valence-electron chi connectivity index (χ0n) is 12.3. The van der Waals surface area contributed by atoms with Crippen molar-refractivity contribution in [2.45, 2.75) is 58.4 Å². The van der Waals surface area contributed by atoms with Crippen LogP contribution in [0.1, 0.15) is 55.5 Å². The lowest BCUT2D eigenvalue weighted by atomic mass is 10.1. The normalized spacial score (nSPS) is 11.4. The SMILES string of the molecule is Cc1ncsc1CN(C)CCCCCCCCCBr. The van der Waals surface area contributed by atoms with Gasteiger partial charge in [-0.25, -0.2) is 4.98 Å². The number of halogens is 1. The maximum absolute atomic E-state index is 4.30. The summed E-state index contributed by atoms with van der Waals surface area (Å²) in [4.78, 5) is 8.14. The molecule has 0 aliphatic rings. The van der Waals surface area contributed by atoms with Crippen LogP contribution >= 0.6 is 27.3 Å². The Hall–Kier alpha value is 0.0700. The highest BCUT2D eigenvalue weighted by Crippen LogP contribution is 2.15. The molecule has 0 atom stereocenters. The molecule has 110 valence electrons. The van der Waals surface area contributed by atoms with E-state index in [9.17, 15) is 0 Å². The van der Waals surface area contributed by atoms with Crippen LogP contribution in [0.25, 0.3) is 0 Å². The Morgan fingerprint density at radius 3 is 2.32 bits per heavy atom. The van der Waals surface area contributed by atoms with Crippen molar-refractivity contribution < 1.29 is 0 Å². The smallest absolute Gasteiger partial charge is 0.0798 e. The van der Waals surface area contributed by atoms with Gasteiger partial charge in [0, 0.05) is 16.8 Å². The standard InChI is InChI=1S/C15H27BrN2S/c1-14-15(19-13-17-14)12-18(2)11-9-7-5-3-4-6-8-10-16/h13H,3-12H2,1-2H3. The molecule has 1 aromatic rings. The first-order valence-corrected chi connectivity index (χ1v) is 9.37. The van der Waals surface area contributed by atoms with Gasteiger partial charge >= 0.3 is 0 Å². The van der Waals surface area contributed by atoms with Gasteiger partial charge in [0.05, 0.1) is 11.2 Å². The van der Waals surface area contributed by atoms with Crippen LogP contribution in [0.3, 0.4) is 0 Å². The Balaban J connectivity index is 1.96. The van der Waals surface area contributed by atoms with Crippen molar-refractivity contribution in [3.63, 3.8) is 0 Å². The van der Waals surface area contributed by atoms with Crippen LogP contribution in [-0.4, -0.2) is 28.8 Å². The fourth-order valence-corrected chi connectivity index (χ4v) is 3.42. The van der Waals surface area contributed by atoms with Crippen LogP contribution in [0, 0.1) is 6.92 Å². The number of rotatable bonds is 11. The summed E-state index contributed by atoms with van der Waals surface area (Å²) in [6.45, 7) is 4.37. The van der Waals surface area contributed by atoms with Crippen molar-refractivity contribution >= 4 is 27.3 Å². The molecule has 1 aromatic heterocycles. The summed E-state index contributed by atoms with van der Waals surface area (Å²) < 4.78 is 0. The first-order chi connectivity index (χ1) is 9.24. The van der Waals surface area contributed by atoms with Gasteiger partial charge in [0.1, 0.15) is 0 Å². The van der Waals surface area contributed by atoms with E-state index in [1.807, 2.05) is 5.51 Å². The lowest BCUT2D eigenvalue weighted by molar-refractivity contribution is 0.318. The first-order valence-electron chi connectivity index (χ1n) is 7.37. The molecule has 0 aliphatic carbocycles. The number of unbranched alkanes of at least 4 members (excludes halogenated alkanes) is 6. The Morgan fingerprint density at radius 1 is 1.11 bits per heavy atom. The molecule has 0 aromatic carbocycles. The molecule has 19 heavy (non-hydrogen) atoms. The van der Waals surface area contributed by atoms with E-state index in [-0.39, 0.29) is 0 Å². The number of hydrogen-bond donors (Lipinski definition) is 0. The molecular weight excluding hydrogens is 320 g/mol. The minimum atomic E-state index is 1.06. The molecule has 0 radical (unpaired) electrons.